The van der Waals surface area contributed by atoms with E-state index < -0.39 is 11.2 Å². The van der Waals surface area contributed by atoms with Crippen molar-refractivity contribution in [2.45, 2.75) is 70.1 Å². The second-order valence-electron chi connectivity index (χ2n) is 6.94. The van der Waals surface area contributed by atoms with Crippen molar-refractivity contribution in [2.24, 2.45) is 5.92 Å². The molecule has 4 heteroatoms. The number of hydrogen-bond acceptors (Lipinski definition) is 3. The number of nitrogens with one attached hydrogen (secondary N) is 1. The summed E-state index contributed by atoms with van der Waals surface area (Å²) < 4.78 is 5.27. The molecule has 1 saturated carbocycles. The Bertz CT molecular complexity index is 374. The Hall–Kier alpha value is -1.29. The number of rotatable bonds is 6. The maximum absolute atomic E-state index is 11.8. The molecule has 0 saturated heterocycles. The predicted molar refractivity (Wildman–Crippen MR) is 85.1 cm³/mol. The lowest BCUT2D eigenvalue weighted by Crippen LogP contribution is -2.40. The average molecular weight is 295 g/mol. The first kappa shape index (κ1) is 17.8. The van der Waals surface area contributed by atoms with Gasteiger partial charge >= 0.3 is 6.09 Å². The standard InChI is InChI=1S/C17H29NO3/c1-6-10-17(20,11-7-2)13-8-9-14(12-13)18-15(19)21-16(3,4)5/h6-7,13-14,20H,1-2,8-12H2,3-5H3,(H,18,19). The smallest absolute Gasteiger partial charge is 0.407 e. The summed E-state index contributed by atoms with van der Waals surface area (Å²) in [4.78, 5) is 11.8. The van der Waals surface area contributed by atoms with Crippen LogP contribution in [0.1, 0.15) is 52.9 Å². The summed E-state index contributed by atoms with van der Waals surface area (Å²) in [5.74, 6) is 0.147. The molecule has 120 valence electrons. The van der Waals surface area contributed by atoms with E-state index in [1.807, 2.05) is 20.8 Å². The van der Waals surface area contributed by atoms with Crippen LogP contribution < -0.4 is 5.32 Å². The van der Waals surface area contributed by atoms with Gasteiger partial charge < -0.3 is 15.2 Å². The number of carbonyl (C=O) groups excluding carboxylic acids is 1. The zero-order valence-corrected chi connectivity index (χ0v) is 13.5. The van der Waals surface area contributed by atoms with Crippen molar-refractivity contribution in [3.63, 3.8) is 0 Å². The van der Waals surface area contributed by atoms with Crippen molar-refractivity contribution in [3.8, 4) is 0 Å². The summed E-state index contributed by atoms with van der Waals surface area (Å²) in [6.07, 6.45) is 6.71. The van der Waals surface area contributed by atoms with Crippen molar-refractivity contribution in [3.05, 3.63) is 25.3 Å². The maximum Gasteiger partial charge on any atom is 0.407 e. The molecule has 2 atom stereocenters. The van der Waals surface area contributed by atoms with Crippen LogP contribution in [0, 0.1) is 5.92 Å². The number of carbonyl (C=O) groups is 1. The van der Waals surface area contributed by atoms with Gasteiger partial charge in [0.2, 0.25) is 0 Å². The van der Waals surface area contributed by atoms with E-state index in [9.17, 15) is 9.90 Å². The minimum Gasteiger partial charge on any atom is -0.444 e. The van der Waals surface area contributed by atoms with Crippen molar-refractivity contribution in [1.29, 1.82) is 0 Å². The lowest BCUT2D eigenvalue weighted by atomic mass is 9.80. The van der Waals surface area contributed by atoms with Crippen LogP contribution in [-0.4, -0.2) is 28.4 Å². The van der Waals surface area contributed by atoms with Gasteiger partial charge in [-0.3, -0.25) is 0 Å². The highest BCUT2D eigenvalue weighted by atomic mass is 16.6. The summed E-state index contributed by atoms with van der Waals surface area (Å²) in [6, 6.07) is 0.0611. The Labute approximate surface area is 128 Å². The fraction of sp³-hybridized carbons (Fsp3) is 0.706. The quantitative estimate of drug-likeness (QED) is 0.737. The van der Waals surface area contributed by atoms with Gasteiger partial charge in [0, 0.05) is 6.04 Å². The largest absolute Gasteiger partial charge is 0.444 e. The molecule has 2 unspecified atom stereocenters. The molecule has 0 spiro atoms. The first-order valence-electron chi connectivity index (χ1n) is 7.64. The van der Waals surface area contributed by atoms with Gasteiger partial charge in [0.25, 0.3) is 0 Å². The number of alkyl carbamates (subject to hydrolysis) is 1. The molecule has 1 aliphatic carbocycles. The number of amides is 1. The Balaban J connectivity index is 2.56. The van der Waals surface area contributed by atoms with Gasteiger partial charge in [0.1, 0.15) is 5.60 Å². The molecule has 1 rings (SSSR count). The lowest BCUT2D eigenvalue weighted by molar-refractivity contribution is -0.0121. The summed E-state index contributed by atoms with van der Waals surface area (Å²) in [5.41, 5.74) is -1.29. The third-order valence-corrected chi connectivity index (χ3v) is 3.91. The molecule has 4 nitrogen and oxygen atoms in total. The summed E-state index contributed by atoms with van der Waals surface area (Å²) in [5, 5.41) is 13.7. The molecule has 0 aromatic rings. The average Bonchev–Trinajstić information content (AvgIpc) is 2.76. The van der Waals surface area contributed by atoms with E-state index in [2.05, 4.69) is 18.5 Å². The fourth-order valence-corrected chi connectivity index (χ4v) is 2.99. The van der Waals surface area contributed by atoms with E-state index in [1.165, 1.54) is 0 Å². The van der Waals surface area contributed by atoms with Gasteiger partial charge in [-0.25, -0.2) is 4.79 Å². The highest BCUT2D eigenvalue weighted by Crippen LogP contribution is 2.38. The fourth-order valence-electron chi connectivity index (χ4n) is 2.99. The van der Waals surface area contributed by atoms with Crippen LogP contribution in [0.25, 0.3) is 0 Å². The van der Waals surface area contributed by atoms with Crippen LogP contribution in [0.15, 0.2) is 25.3 Å². The predicted octanol–water partition coefficient (Wildman–Crippen LogP) is 3.56. The van der Waals surface area contributed by atoms with E-state index in [0.717, 1.165) is 19.3 Å². The Morgan fingerprint density at radius 3 is 2.33 bits per heavy atom. The number of hydrogen-bond donors (Lipinski definition) is 2. The van der Waals surface area contributed by atoms with Gasteiger partial charge in [-0.15, -0.1) is 13.2 Å². The first-order chi connectivity index (χ1) is 9.70. The second-order valence-corrected chi connectivity index (χ2v) is 6.94. The van der Waals surface area contributed by atoms with Gasteiger partial charge in [-0.1, -0.05) is 12.2 Å². The molecule has 0 aliphatic heterocycles. The minimum atomic E-state index is -0.798. The molecule has 21 heavy (non-hydrogen) atoms. The SMILES string of the molecule is C=CCC(O)(CC=C)C1CCC(NC(=O)OC(C)(C)C)C1. The Morgan fingerprint density at radius 2 is 1.86 bits per heavy atom. The third-order valence-electron chi connectivity index (χ3n) is 3.91. The molecule has 1 aliphatic rings. The van der Waals surface area contributed by atoms with Crippen LogP contribution in [0.4, 0.5) is 4.79 Å². The minimum absolute atomic E-state index is 0.0611. The second kappa shape index (κ2) is 7.12. The molecule has 0 radical (unpaired) electrons. The molecule has 0 aromatic heterocycles. The summed E-state index contributed by atoms with van der Waals surface area (Å²) in [6.45, 7) is 13.0. The molecule has 0 heterocycles. The lowest BCUT2D eigenvalue weighted by Gasteiger charge is -2.32. The van der Waals surface area contributed by atoms with Crippen molar-refractivity contribution >= 4 is 6.09 Å². The third kappa shape index (κ3) is 5.54. The van der Waals surface area contributed by atoms with Gasteiger partial charge in [0.15, 0.2) is 0 Å². The molecule has 1 fully saturated rings. The summed E-state index contributed by atoms with van der Waals surface area (Å²) >= 11 is 0. The molecule has 0 bridgehead atoms. The number of aliphatic hydroxyl groups is 1. The topological polar surface area (TPSA) is 58.6 Å². The Kier molecular flexibility index (Phi) is 6.02. The Morgan fingerprint density at radius 1 is 1.29 bits per heavy atom. The van der Waals surface area contributed by atoms with Gasteiger partial charge in [0.05, 0.1) is 5.60 Å². The van der Waals surface area contributed by atoms with Crippen LogP contribution in [-0.2, 0) is 4.74 Å². The zero-order valence-electron chi connectivity index (χ0n) is 13.5. The highest BCUT2D eigenvalue weighted by Gasteiger charge is 2.40. The van der Waals surface area contributed by atoms with Crippen LogP contribution >= 0.6 is 0 Å². The molecule has 2 N–H and O–H groups in total. The van der Waals surface area contributed by atoms with Crippen LogP contribution in [0.3, 0.4) is 0 Å². The number of ether oxygens (including phenoxy) is 1. The van der Waals surface area contributed by atoms with Crippen molar-refractivity contribution < 1.29 is 14.6 Å². The van der Waals surface area contributed by atoms with Gasteiger partial charge in [-0.05, 0) is 58.8 Å². The van der Waals surface area contributed by atoms with E-state index >= 15 is 0 Å². The van der Waals surface area contributed by atoms with E-state index in [0.29, 0.717) is 12.8 Å². The van der Waals surface area contributed by atoms with Crippen LogP contribution in [0.5, 0.6) is 0 Å². The highest BCUT2D eigenvalue weighted by molar-refractivity contribution is 5.68. The zero-order chi connectivity index (χ0) is 16.1. The van der Waals surface area contributed by atoms with Crippen molar-refractivity contribution in [1.82, 2.24) is 5.32 Å². The molecular weight excluding hydrogens is 266 g/mol. The molecule has 1 amide bonds. The summed E-state index contributed by atoms with van der Waals surface area (Å²) in [7, 11) is 0. The van der Waals surface area contributed by atoms with E-state index in [-0.39, 0.29) is 18.1 Å². The molecular formula is C17H29NO3. The van der Waals surface area contributed by atoms with E-state index in [1.54, 1.807) is 12.2 Å². The van der Waals surface area contributed by atoms with Crippen molar-refractivity contribution in [2.75, 3.05) is 0 Å². The maximum atomic E-state index is 11.8. The first-order valence-corrected chi connectivity index (χ1v) is 7.64. The van der Waals surface area contributed by atoms with Crippen LogP contribution in [0.2, 0.25) is 0 Å². The monoisotopic (exact) mass is 295 g/mol. The normalized spacial score (nSPS) is 22.7. The van der Waals surface area contributed by atoms with Gasteiger partial charge in [-0.2, -0.15) is 0 Å². The molecule has 0 aromatic carbocycles. The van der Waals surface area contributed by atoms with E-state index in [4.69, 9.17) is 4.74 Å².